The number of aromatic nitrogens is 1. The average Bonchev–Trinajstić information content (AvgIpc) is 3.26. The summed E-state index contributed by atoms with van der Waals surface area (Å²) in [6.45, 7) is 1.82. The fourth-order valence-electron chi connectivity index (χ4n) is 4.33. The number of nitrogens with zero attached hydrogens (tertiary/aromatic N) is 2. The van der Waals surface area contributed by atoms with Crippen LogP contribution in [0.15, 0.2) is 97.2 Å². The molecule has 0 fully saturated rings. The van der Waals surface area contributed by atoms with Gasteiger partial charge in [-0.05, 0) is 30.7 Å². The Morgan fingerprint density at radius 2 is 1.39 bits per heavy atom. The molecule has 3 aromatic carbocycles. The standard InChI is InChI=1S/C27H22N2O2/c1-19(30)22-16-25-27(21-12-6-3-7-13-21)29(18-26(31)20-10-4-2-5-11-20)24-15-9-8-14-23(24)28(25)17-22/h2-17,27H,18H2,1H3. The first-order chi connectivity index (χ1) is 15.1. The van der Waals surface area contributed by atoms with Gasteiger partial charge in [-0.2, -0.15) is 0 Å². The molecule has 0 saturated heterocycles. The molecule has 2 heterocycles. The molecular formula is C27H22N2O2. The van der Waals surface area contributed by atoms with Gasteiger partial charge in [0.05, 0.1) is 29.7 Å². The summed E-state index contributed by atoms with van der Waals surface area (Å²) in [6, 6.07) is 29.3. The predicted octanol–water partition coefficient (Wildman–Crippen LogP) is 5.47. The zero-order chi connectivity index (χ0) is 21.4. The highest BCUT2D eigenvalue weighted by atomic mass is 16.1. The lowest BCUT2D eigenvalue weighted by molar-refractivity contribution is 0.0993. The van der Waals surface area contributed by atoms with Crippen LogP contribution in [0.25, 0.3) is 5.69 Å². The van der Waals surface area contributed by atoms with Crippen LogP contribution in [0.1, 0.15) is 44.9 Å². The fraction of sp³-hybridized carbons (Fsp3) is 0.111. The minimum atomic E-state index is -0.183. The van der Waals surface area contributed by atoms with E-state index in [0.29, 0.717) is 11.1 Å². The maximum absolute atomic E-state index is 13.2. The molecule has 0 radical (unpaired) electrons. The van der Waals surface area contributed by atoms with Crippen LogP contribution in [0.3, 0.4) is 0 Å². The molecule has 0 amide bonds. The summed E-state index contributed by atoms with van der Waals surface area (Å²) in [5, 5.41) is 0. The topological polar surface area (TPSA) is 42.3 Å². The highest BCUT2D eigenvalue weighted by molar-refractivity contribution is 6.00. The average molecular weight is 406 g/mol. The molecule has 1 aromatic heterocycles. The van der Waals surface area contributed by atoms with Gasteiger partial charge in [0.15, 0.2) is 11.6 Å². The molecule has 1 unspecified atom stereocenters. The van der Waals surface area contributed by atoms with Crippen LogP contribution in [-0.4, -0.2) is 22.7 Å². The lowest BCUT2D eigenvalue weighted by Crippen LogP contribution is -2.38. The quantitative estimate of drug-likeness (QED) is 0.413. The van der Waals surface area contributed by atoms with E-state index in [1.165, 1.54) is 0 Å². The number of hydrogen-bond donors (Lipinski definition) is 0. The second-order valence-corrected chi connectivity index (χ2v) is 7.80. The summed E-state index contributed by atoms with van der Waals surface area (Å²) >= 11 is 0. The van der Waals surface area contributed by atoms with Gasteiger partial charge in [0.1, 0.15) is 0 Å². The molecule has 0 bridgehead atoms. The molecule has 31 heavy (non-hydrogen) atoms. The number of carbonyl (C=O) groups is 2. The molecule has 4 heteroatoms. The molecule has 1 atom stereocenters. The van der Waals surface area contributed by atoms with Crippen molar-refractivity contribution in [3.63, 3.8) is 0 Å². The van der Waals surface area contributed by atoms with Crippen LogP contribution < -0.4 is 4.90 Å². The number of anilines is 1. The van der Waals surface area contributed by atoms with Crippen molar-refractivity contribution in [1.29, 1.82) is 0 Å². The number of benzene rings is 3. The fourth-order valence-corrected chi connectivity index (χ4v) is 4.33. The Hall–Kier alpha value is -3.92. The van der Waals surface area contributed by atoms with Gasteiger partial charge < -0.3 is 9.47 Å². The van der Waals surface area contributed by atoms with E-state index in [4.69, 9.17) is 0 Å². The Bertz CT molecular complexity index is 1260. The molecule has 5 rings (SSSR count). The van der Waals surface area contributed by atoms with E-state index in [-0.39, 0.29) is 24.2 Å². The van der Waals surface area contributed by atoms with Gasteiger partial charge in [0.25, 0.3) is 0 Å². The van der Waals surface area contributed by atoms with Gasteiger partial charge in [0.2, 0.25) is 0 Å². The lowest BCUT2D eigenvalue weighted by Gasteiger charge is -2.39. The molecule has 152 valence electrons. The molecule has 0 saturated carbocycles. The van der Waals surface area contributed by atoms with Crippen molar-refractivity contribution >= 4 is 17.3 Å². The van der Waals surface area contributed by atoms with Crippen LogP contribution in [0.4, 0.5) is 5.69 Å². The largest absolute Gasteiger partial charge is 0.349 e. The van der Waals surface area contributed by atoms with Crippen LogP contribution in [-0.2, 0) is 0 Å². The van der Waals surface area contributed by atoms with Crippen LogP contribution >= 0.6 is 0 Å². The monoisotopic (exact) mass is 406 g/mol. The zero-order valence-electron chi connectivity index (χ0n) is 17.2. The maximum Gasteiger partial charge on any atom is 0.182 e. The highest BCUT2D eigenvalue weighted by Crippen LogP contribution is 2.42. The number of hydrogen-bond acceptors (Lipinski definition) is 3. The number of carbonyl (C=O) groups excluding carboxylic acids is 2. The second kappa shape index (κ2) is 7.73. The van der Waals surface area contributed by atoms with E-state index in [0.717, 1.165) is 22.6 Å². The molecule has 4 aromatic rings. The van der Waals surface area contributed by atoms with Crippen LogP contribution in [0.2, 0.25) is 0 Å². The van der Waals surface area contributed by atoms with E-state index in [1.54, 1.807) is 6.92 Å². The Labute approximate surface area is 181 Å². The Kier molecular flexibility index (Phi) is 4.75. The first kappa shape index (κ1) is 19.1. The highest BCUT2D eigenvalue weighted by Gasteiger charge is 2.34. The third kappa shape index (κ3) is 3.36. The number of ketones is 2. The number of Topliss-reactive ketones (excluding diaryl/α,β-unsaturated/α-hetero) is 2. The summed E-state index contributed by atoms with van der Waals surface area (Å²) in [5.41, 5.74) is 5.36. The Morgan fingerprint density at radius 1 is 0.774 bits per heavy atom. The zero-order valence-corrected chi connectivity index (χ0v) is 17.2. The molecule has 1 aliphatic rings. The Balaban J connectivity index is 1.69. The molecular weight excluding hydrogens is 384 g/mol. The van der Waals surface area contributed by atoms with Gasteiger partial charge in [-0.3, -0.25) is 9.59 Å². The van der Waals surface area contributed by atoms with E-state index in [2.05, 4.69) is 21.6 Å². The first-order valence-electron chi connectivity index (χ1n) is 10.4. The number of fused-ring (bicyclic) bond motifs is 3. The molecule has 1 aliphatic heterocycles. The number of para-hydroxylation sites is 2. The summed E-state index contributed by atoms with van der Waals surface area (Å²) in [6.07, 6.45) is 1.91. The van der Waals surface area contributed by atoms with Crippen molar-refractivity contribution in [1.82, 2.24) is 4.57 Å². The molecule has 4 nitrogen and oxygen atoms in total. The summed E-state index contributed by atoms with van der Waals surface area (Å²) in [7, 11) is 0. The first-order valence-corrected chi connectivity index (χ1v) is 10.4. The van der Waals surface area contributed by atoms with E-state index < -0.39 is 0 Å². The predicted molar refractivity (Wildman–Crippen MR) is 122 cm³/mol. The SMILES string of the molecule is CC(=O)c1cc2n(c1)-c1ccccc1N(CC(=O)c1ccccc1)C2c1ccccc1. The molecule has 0 aliphatic carbocycles. The van der Waals surface area contributed by atoms with Crippen LogP contribution in [0, 0.1) is 0 Å². The third-order valence-corrected chi connectivity index (χ3v) is 5.82. The van der Waals surface area contributed by atoms with E-state index in [9.17, 15) is 9.59 Å². The van der Waals surface area contributed by atoms with Crippen molar-refractivity contribution in [3.8, 4) is 5.69 Å². The van der Waals surface area contributed by atoms with E-state index in [1.807, 2.05) is 85.1 Å². The van der Waals surface area contributed by atoms with Crippen LogP contribution in [0.5, 0.6) is 0 Å². The summed E-state index contributed by atoms with van der Waals surface area (Å²) < 4.78 is 2.09. The van der Waals surface area contributed by atoms with Crippen molar-refractivity contribution in [3.05, 3.63) is 120 Å². The molecule has 0 N–H and O–H groups in total. The van der Waals surface area contributed by atoms with Crippen molar-refractivity contribution < 1.29 is 9.59 Å². The van der Waals surface area contributed by atoms with Gasteiger partial charge in [0, 0.05) is 17.3 Å². The van der Waals surface area contributed by atoms with Gasteiger partial charge in [-0.15, -0.1) is 0 Å². The van der Waals surface area contributed by atoms with Crippen molar-refractivity contribution in [2.24, 2.45) is 0 Å². The minimum absolute atomic E-state index is 0.0260. The smallest absolute Gasteiger partial charge is 0.182 e. The minimum Gasteiger partial charge on any atom is -0.349 e. The summed E-state index contributed by atoms with van der Waals surface area (Å²) in [4.78, 5) is 27.6. The normalized spacial score (nSPS) is 14.6. The van der Waals surface area contributed by atoms with Gasteiger partial charge in [-0.1, -0.05) is 72.8 Å². The van der Waals surface area contributed by atoms with Gasteiger partial charge >= 0.3 is 0 Å². The third-order valence-electron chi connectivity index (χ3n) is 5.82. The maximum atomic E-state index is 13.2. The second-order valence-electron chi connectivity index (χ2n) is 7.80. The van der Waals surface area contributed by atoms with E-state index >= 15 is 0 Å². The Morgan fingerprint density at radius 3 is 2.06 bits per heavy atom. The van der Waals surface area contributed by atoms with Gasteiger partial charge in [-0.25, -0.2) is 0 Å². The molecule has 0 spiro atoms. The number of rotatable bonds is 5. The van der Waals surface area contributed by atoms with Crippen molar-refractivity contribution in [2.75, 3.05) is 11.4 Å². The lowest BCUT2D eigenvalue weighted by atomic mass is 9.96. The summed E-state index contributed by atoms with van der Waals surface area (Å²) in [5.74, 6) is 0.0845. The van der Waals surface area contributed by atoms with Crippen molar-refractivity contribution in [2.45, 2.75) is 13.0 Å².